The summed E-state index contributed by atoms with van der Waals surface area (Å²) in [5, 5.41) is 3.28. The van der Waals surface area contributed by atoms with Crippen molar-refractivity contribution in [2.24, 2.45) is 0 Å². The number of nitrogens with one attached hydrogen (secondary N) is 1. The lowest BCUT2D eigenvalue weighted by atomic mass is 10.2. The Morgan fingerprint density at radius 2 is 1.85 bits per heavy atom. The predicted molar refractivity (Wildman–Crippen MR) is 80.9 cm³/mol. The summed E-state index contributed by atoms with van der Waals surface area (Å²) < 4.78 is 18.9. The Morgan fingerprint density at radius 1 is 1.15 bits per heavy atom. The third kappa shape index (κ3) is 4.14. The van der Waals surface area contributed by atoms with Gasteiger partial charge in [0.15, 0.2) is 0 Å². The fourth-order valence-corrected chi connectivity index (χ4v) is 1.89. The van der Waals surface area contributed by atoms with Crippen molar-refractivity contribution in [3.63, 3.8) is 0 Å². The van der Waals surface area contributed by atoms with Crippen LogP contribution in [0.5, 0.6) is 5.75 Å². The van der Waals surface area contributed by atoms with Crippen LogP contribution in [0.3, 0.4) is 0 Å². The van der Waals surface area contributed by atoms with E-state index in [-0.39, 0.29) is 11.1 Å². The fraction of sp³-hybridized carbons (Fsp3) is 0.250. The molecule has 2 rings (SSSR count). The molecule has 0 aliphatic heterocycles. The average Bonchev–Trinajstić information content (AvgIpc) is 2.41. The topological polar surface area (TPSA) is 21.3 Å². The molecule has 2 aromatic carbocycles. The van der Waals surface area contributed by atoms with Gasteiger partial charge in [-0.3, -0.25) is 0 Å². The monoisotopic (exact) mass is 293 g/mol. The number of hydrogen-bond donors (Lipinski definition) is 1. The van der Waals surface area contributed by atoms with Crippen molar-refractivity contribution in [1.82, 2.24) is 0 Å². The molecule has 0 unspecified atom stereocenters. The van der Waals surface area contributed by atoms with Crippen molar-refractivity contribution in [2.45, 2.75) is 26.5 Å². The highest BCUT2D eigenvalue weighted by Crippen LogP contribution is 2.20. The van der Waals surface area contributed by atoms with E-state index < -0.39 is 5.82 Å². The second kappa shape index (κ2) is 6.62. The van der Waals surface area contributed by atoms with Gasteiger partial charge in [0.25, 0.3) is 0 Å². The van der Waals surface area contributed by atoms with E-state index in [0.717, 1.165) is 11.3 Å². The molecule has 2 aromatic rings. The Labute approximate surface area is 123 Å². The SMILES string of the molecule is CC(C)Oc1ccc(CNc2ccc(Cl)c(F)c2)cc1. The number of benzene rings is 2. The normalized spacial score (nSPS) is 10.7. The summed E-state index contributed by atoms with van der Waals surface area (Å²) in [7, 11) is 0. The lowest BCUT2D eigenvalue weighted by Gasteiger charge is -2.11. The minimum Gasteiger partial charge on any atom is -0.491 e. The zero-order valence-corrected chi connectivity index (χ0v) is 12.2. The van der Waals surface area contributed by atoms with Gasteiger partial charge < -0.3 is 10.1 Å². The number of hydrogen-bond acceptors (Lipinski definition) is 2. The summed E-state index contributed by atoms with van der Waals surface area (Å²) in [6.45, 7) is 4.60. The maximum atomic E-state index is 13.3. The Kier molecular flexibility index (Phi) is 4.85. The van der Waals surface area contributed by atoms with Gasteiger partial charge in [-0.2, -0.15) is 0 Å². The molecule has 0 saturated carbocycles. The Balaban J connectivity index is 1.95. The Hall–Kier alpha value is -1.74. The van der Waals surface area contributed by atoms with Crippen molar-refractivity contribution in [3.8, 4) is 5.75 Å². The number of rotatable bonds is 5. The first kappa shape index (κ1) is 14.7. The first-order chi connectivity index (χ1) is 9.54. The van der Waals surface area contributed by atoms with Gasteiger partial charge in [0.2, 0.25) is 0 Å². The molecule has 0 aromatic heterocycles. The molecular formula is C16H17ClFNO. The van der Waals surface area contributed by atoms with E-state index >= 15 is 0 Å². The third-order valence-electron chi connectivity index (χ3n) is 2.71. The van der Waals surface area contributed by atoms with Crippen LogP contribution in [-0.2, 0) is 6.54 Å². The van der Waals surface area contributed by atoms with Crippen LogP contribution >= 0.6 is 11.6 Å². The second-order valence-electron chi connectivity index (χ2n) is 4.79. The molecule has 0 fully saturated rings. The highest BCUT2D eigenvalue weighted by Gasteiger charge is 2.01. The summed E-state index contributed by atoms with van der Waals surface area (Å²) in [4.78, 5) is 0. The fourth-order valence-electron chi connectivity index (χ4n) is 1.77. The largest absolute Gasteiger partial charge is 0.491 e. The van der Waals surface area contributed by atoms with Crippen LogP contribution in [0.2, 0.25) is 5.02 Å². The maximum absolute atomic E-state index is 13.3. The van der Waals surface area contributed by atoms with Crippen molar-refractivity contribution in [1.29, 1.82) is 0 Å². The predicted octanol–water partition coefficient (Wildman–Crippen LogP) is 4.88. The van der Waals surface area contributed by atoms with Gasteiger partial charge in [0, 0.05) is 12.2 Å². The first-order valence-corrected chi connectivity index (χ1v) is 6.87. The lowest BCUT2D eigenvalue weighted by Crippen LogP contribution is -2.05. The van der Waals surface area contributed by atoms with Crippen LogP contribution in [0.15, 0.2) is 42.5 Å². The molecule has 0 aliphatic carbocycles. The van der Waals surface area contributed by atoms with Crippen molar-refractivity contribution >= 4 is 17.3 Å². The van der Waals surface area contributed by atoms with Gasteiger partial charge in [-0.05, 0) is 49.7 Å². The van der Waals surface area contributed by atoms with Crippen LogP contribution in [0.4, 0.5) is 10.1 Å². The molecule has 0 aliphatic rings. The van der Waals surface area contributed by atoms with Crippen LogP contribution in [-0.4, -0.2) is 6.10 Å². The molecule has 0 bridgehead atoms. The minimum absolute atomic E-state index is 0.130. The van der Waals surface area contributed by atoms with Gasteiger partial charge in [0.05, 0.1) is 11.1 Å². The van der Waals surface area contributed by atoms with E-state index in [2.05, 4.69) is 5.32 Å². The highest BCUT2D eigenvalue weighted by molar-refractivity contribution is 6.30. The van der Waals surface area contributed by atoms with E-state index in [1.807, 2.05) is 38.1 Å². The van der Waals surface area contributed by atoms with Gasteiger partial charge in [-0.15, -0.1) is 0 Å². The van der Waals surface area contributed by atoms with Gasteiger partial charge in [0.1, 0.15) is 11.6 Å². The molecule has 4 heteroatoms. The summed E-state index contributed by atoms with van der Waals surface area (Å²) in [5.41, 5.74) is 1.80. The first-order valence-electron chi connectivity index (χ1n) is 6.49. The van der Waals surface area contributed by atoms with E-state index in [4.69, 9.17) is 16.3 Å². The number of halogens is 2. The van der Waals surface area contributed by atoms with Crippen LogP contribution < -0.4 is 10.1 Å². The number of anilines is 1. The van der Waals surface area contributed by atoms with Gasteiger partial charge in [-0.25, -0.2) is 4.39 Å². The van der Waals surface area contributed by atoms with Crippen LogP contribution in [0.1, 0.15) is 19.4 Å². The zero-order valence-electron chi connectivity index (χ0n) is 11.5. The highest BCUT2D eigenvalue weighted by atomic mass is 35.5. The summed E-state index contributed by atoms with van der Waals surface area (Å²) >= 11 is 5.64. The molecular weight excluding hydrogens is 277 g/mol. The Bertz CT molecular complexity index is 569. The standard InChI is InChI=1S/C16H17ClFNO/c1-11(2)20-14-6-3-12(4-7-14)10-19-13-5-8-15(17)16(18)9-13/h3-9,11,19H,10H2,1-2H3. The molecule has 0 radical (unpaired) electrons. The summed E-state index contributed by atoms with van der Waals surface area (Å²) in [6.07, 6.45) is 0.163. The van der Waals surface area contributed by atoms with E-state index in [0.29, 0.717) is 12.2 Å². The van der Waals surface area contributed by atoms with Crippen molar-refractivity contribution < 1.29 is 9.13 Å². The second-order valence-corrected chi connectivity index (χ2v) is 5.20. The van der Waals surface area contributed by atoms with Crippen LogP contribution in [0, 0.1) is 5.82 Å². The van der Waals surface area contributed by atoms with E-state index in [9.17, 15) is 4.39 Å². The molecule has 0 spiro atoms. The molecule has 0 amide bonds. The summed E-state index contributed by atoms with van der Waals surface area (Å²) in [6, 6.07) is 12.5. The zero-order chi connectivity index (χ0) is 14.5. The Morgan fingerprint density at radius 3 is 2.45 bits per heavy atom. The molecule has 0 heterocycles. The smallest absolute Gasteiger partial charge is 0.143 e. The van der Waals surface area contributed by atoms with Crippen LogP contribution in [0.25, 0.3) is 0 Å². The molecule has 0 atom stereocenters. The maximum Gasteiger partial charge on any atom is 0.143 e. The third-order valence-corrected chi connectivity index (χ3v) is 3.02. The molecule has 2 nitrogen and oxygen atoms in total. The molecule has 106 valence electrons. The summed E-state index contributed by atoms with van der Waals surface area (Å²) in [5.74, 6) is 0.429. The molecule has 1 N–H and O–H groups in total. The quantitative estimate of drug-likeness (QED) is 0.848. The average molecular weight is 294 g/mol. The van der Waals surface area contributed by atoms with Crippen molar-refractivity contribution in [2.75, 3.05) is 5.32 Å². The minimum atomic E-state index is -0.419. The van der Waals surface area contributed by atoms with Gasteiger partial charge >= 0.3 is 0 Å². The molecule has 0 saturated heterocycles. The number of ether oxygens (including phenoxy) is 1. The molecule has 20 heavy (non-hydrogen) atoms. The van der Waals surface area contributed by atoms with E-state index in [1.165, 1.54) is 6.07 Å². The van der Waals surface area contributed by atoms with Crippen molar-refractivity contribution in [3.05, 3.63) is 58.9 Å². The van der Waals surface area contributed by atoms with Gasteiger partial charge in [-0.1, -0.05) is 23.7 Å². The van der Waals surface area contributed by atoms with E-state index in [1.54, 1.807) is 12.1 Å². The lowest BCUT2D eigenvalue weighted by molar-refractivity contribution is 0.242.